The van der Waals surface area contributed by atoms with Crippen molar-refractivity contribution in [3.63, 3.8) is 0 Å². The largest absolute Gasteiger partial charge is 0.463 e. The zero-order chi connectivity index (χ0) is 40.1. The number of hydrogen-bond donors (Lipinski definition) is 0. The maximum Gasteiger partial charge on any atom is 0.426 e. The van der Waals surface area contributed by atoms with Crippen LogP contribution in [0.25, 0.3) is 11.4 Å². The standard InChI is InChI=1S/C33H38BrN7O11S2/c1-16(42)47-14-23-26(48-17(2)43)25(27(49-18(3)44)28(50-23)54-24-10-19(34)12-36-20(24)11-35)40-13-21(38-39-40)22-15-53-29(37-22)41(30(45)51-32(4,5)6)31(46)52-33(7,8)9/h10,12-13,15,23,25-28H,14H2,1-9H3/t23?,25?,26-,27?,28+/m0/s1. The van der Waals surface area contributed by atoms with Gasteiger partial charge < -0.3 is 28.4 Å². The number of thiazole rings is 1. The molecule has 1 aliphatic rings. The van der Waals surface area contributed by atoms with Gasteiger partial charge >= 0.3 is 30.1 Å². The molecule has 4 rings (SSSR count). The number of imide groups is 1. The number of amides is 2. The van der Waals surface area contributed by atoms with Gasteiger partial charge in [-0.3, -0.25) is 14.4 Å². The number of nitriles is 1. The van der Waals surface area contributed by atoms with E-state index in [4.69, 9.17) is 28.4 Å². The van der Waals surface area contributed by atoms with Crippen molar-refractivity contribution in [2.24, 2.45) is 0 Å². The average Bonchev–Trinajstić information content (AvgIpc) is 3.70. The fourth-order valence-corrected chi connectivity index (χ4v) is 7.35. The third-order valence-electron chi connectivity index (χ3n) is 6.75. The van der Waals surface area contributed by atoms with Gasteiger partial charge in [0.25, 0.3) is 0 Å². The Hall–Kier alpha value is -4.65. The molecule has 5 atom stereocenters. The van der Waals surface area contributed by atoms with E-state index in [0.29, 0.717) is 14.3 Å². The summed E-state index contributed by atoms with van der Waals surface area (Å²) in [6.45, 7) is 13.0. The molecule has 0 bridgehead atoms. The van der Waals surface area contributed by atoms with Gasteiger partial charge in [0.2, 0.25) is 5.13 Å². The first kappa shape index (κ1) is 42.1. The summed E-state index contributed by atoms with van der Waals surface area (Å²) in [6.07, 6.45) is -2.82. The Morgan fingerprint density at radius 1 is 0.981 bits per heavy atom. The highest BCUT2D eigenvalue weighted by molar-refractivity contribution is 9.10. The van der Waals surface area contributed by atoms with Crippen LogP contribution in [0.5, 0.6) is 0 Å². The normalized spacial score (nSPS) is 19.9. The van der Waals surface area contributed by atoms with Crippen molar-refractivity contribution in [2.75, 3.05) is 11.5 Å². The average molecular weight is 853 g/mol. The van der Waals surface area contributed by atoms with Crippen LogP contribution in [0.4, 0.5) is 14.7 Å². The predicted octanol–water partition coefficient (Wildman–Crippen LogP) is 5.59. The van der Waals surface area contributed by atoms with Gasteiger partial charge in [-0.15, -0.1) is 16.4 Å². The van der Waals surface area contributed by atoms with Gasteiger partial charge in [0.05, 0.1) is 6.20 Å². The third-order valence-corrected chi connectivity index (χ3v) is 9.19. The summed E-state index contributed by atoms with van der Waals surface area (Å²) in [5, 5.41) is 19.7. The molecule has 0 spiro atoms. The monoisotopic (exact) mass is 851 g/mol. The van der Waals surface area contributed by atoms with Crippen LogP contribution >= 0.6 is 39.0 Å². The summed E-state index contributed by atoms with van der Waals surface area (Å²) in [4.78, 5) is 73.1. The van der Waals surface area contributed by atoms with Crippen LogP contribution in [0.1, 0.15) is 74.0 Å². The number of carbonyl (C=O) groups excluding carboxylic acids is 5. The molecule has 1 saturated heterocycles. The lowest BCUT2D eigenvalue weighted by molar-refractivity contribution is -0.212. The predicted molar refractivity (Wildman–Crippen MR) is 194 cm³/mol. The topological polar surface area (TPSA) is 224 Å². The summed E-state index contributed by atoms with van der Waals surface area (Å²) < 4.78 is 35.9. The van der Waals surface area contributed by atoms with Crippen molar-refractivity contribution in [1.82, 2.24) is 25.0 Å². The molecule has 18 nitrogen and oxygen atoms in total. The molecule has 3 aromatic rings. The molecule has 0 N–H and O–H groups in total. The number of hydrogen-bond acceptors (Lipinski definition) is 18. The number of aromatic nitrogens is 5. The van der Waals surface area contributed by atoms with E-state index < -0.39 is 71.1 Å². The van der Waals surface area contributed by atoms with Crippen molar-refractivity contribution in [3.8, 4) is 17.5 Å². The zero-order valence-electron chi connectivity index (χ0n) is 30.7. The molecule has 1 fully saturated rings. The van der Waals surface area contributed by atoms with Crippen molar-refractivity contribution in [3.05, 3.63) is 34.0 Å². The van der Waals surface area contributed by atoms with E-state index in [9.17, 15) is 29.2 Å². The smallest absolute Gasteiger partial charge is 0.426 e. The van der Waals surface area contributed by atoms with Gasteiger partial charge in [0.15, 0.2) is 17.9 Å². The molecule has 3 unspecified atom stereocenters. The van der Waals surface area contributed by atoms with Gasteiger partial charge in [0, 0.05) is 41.7 Å². The molecule has 290 valence electrons. The van der Waals surface area contributed by atoms with Crippen LogP contribution in [0.15, 0.2) is 33.2 Å². The summed E-state index contributed by atoms with van der Waals surface area (Å²) in [7, 11) is 0. The number of pyridine rings is 1. The lowest BCUT2D eigenvalue weighted by atomic mass is 9.96. The lowest BCUT2D eigenvalue weighted by Crippen LogP contribution is -2.57. The minimum absolute atomic E-state index is 0.0535. The molecular formula is C33H38BrN7O11S2. The van der Waals surface area contributed by atoms with Crippen LogP contribution < -0.4 is 4.90 Å². The number of carbonyl (C=O) groups is 5. The van der Waals surface area contributed by atoms with Crippen molar-refractivity contribution in [1.29, 1.82) is 5.26 Å². The molecule has 54 heavy (non-hydrogen) atoms. The van der Waals surface area contributed by atoms with Crippen LogP contribution in [-0.2, 0) is 42.8 Å². The van der Waals surface area contributed by atoms with Crippen LogP contribution in [-0.4, -0.2) is 96.6 Å². The minimum Gasteiger partial charge on any atom is -0.463 e. The Labute approximate surface area is 326 Å². The van der Waals surface area contributed by atoms with Gasteiger partial charge in [-0.2, -0.15) is 10.2 Å². The highest BCUT2D eigenvalue weighted by Crippen LogP contribution is 2.42. The van der Waals surface area contributed by atoms with E-state index in [1.54, 1.807) is 47.6 Å². The fourth-order valence-electron chi connectivity index (χ4n) is 4.87. The first-order chi connectivity index (χ1) is 25.1. The summed E-state index contributed by atoms with van der Waals surface area (Å²) in [6, 6.07) is 2.49. The Morgan fingerprint density at radius 3 is 2.15 bits per heavy atom. The zero-order valence-corrected chi connectivity index (χ0v) is 33.9. The highest BCUT2D eigenvalue weighted by atomic mass is 79.9. The number of halogens is 1. The molecule has 2 amide bonds. The van der Waals surface area contributed by atoms with Crippen LogP contribution in [0, 0.1) is 11.3 Å². The van der Waals surface area contributed by atoms with Crippen LogP contribution in [0.3, 0.4) is 0 Å². The molecule has 3 aromatic heterocycles. The molecular weight excluding hydrogens is 814 g/mol. The first-order valence-corrected chi connectivity index (χ1v) is 18.7. The number of anilines is 1. The highest BCUT2D eigenvalue weighted by Gasteiger charge is 2.52. The summed E-state index contributed by atoms with van der Waals surface area (Å²) in [5.74, 6) is -2.09. The van der Waals surface area contributed by atoms with Gasteiger partial charge in [0.1, 0.15) is 52.8 Å². The number of rotatable bonds is 9. The third kappa shape index (κ3) is 11.2. The van der Waals surface area contributed by atoms with Crippen molar-refractivity contribution in [2.45, 2.75) is 108 Å². The summed E-state index contributed by atoms with van der Waals surface area (Å²) >= 11 is 5.28. The molecule has 1 aliphatic heterocycles. The molecule has 0 radical (unpaired) electrons. The van der Waals surface area contributed by atoms with Gasteiger partial charge in [-0.1, -0.05) is 17.0 Å². The van der Waals surface area contributed by atoms with Gasteiger partial charge in [-0.05, 0) is 63.5 Å². The first-order valence-electron chi connectivity index (χ1n) is 16.1. The Balaban J connectivity index is 1.81. The van der Waals surface area contributed by atoms with Crippen molar-refractivity contribution >= 4 is 74.3 Å². The second-order valence-electron chi connectivity index (χ2n) is 13.6. The maximum atomic E-state index is 13.2. The molecule has 21 heteroatoms. The number of nitrogens with zero attached hydrogens (tertiary/aromatic N) is 7. The second-order valence-corrected chi connectivity index (χ2v) is 16.5. The molecule has 0 aromatic carbocycles. The van der Waals surface area contributed by atoms with E-state index >= 15 is 0 Å². The summed E-state index contributed by atoms with van der Waals surface area (Å²) in [5.41, 5.74) is -2.63. The minimum atomic E-state index is -1.27. The van der Waals surface area contributed by atoms with E-state index in [-0.39, 0.29) is 28.8 Å². The van der Waals surface area contributed by atoms with Crippen molar-refractivity contribution < 1.29 is 52.4 Å². The van der Waals surface area contributed by atoms with E-state index in [2.05, 4.69) is 36.2 Å². The molecule has 0 aliphatic carbocycles. The number of thioether (sulfide) groups is 1. The Morgan fingerprint density at radius 2 is 1.59 bits per heavy atom. The fraction of sp³-hybridized carbons (Fsp3) is 0.515. The Bertz CT molecular complexity index is 1910. The molecule has 0 saturated carbocycles. The SMILES string of the molecule is CC(=O)OCC1O[C@H](Sc2cc(Br)cnc2C#N)C(OC(C)=O)C(n2cc(-c3csc(N(C(=O)OC(C)(C)C)C(=O)OC(C)(C)C)n3)nn2)[C@H]1OC(C)=O. The maximum absolute atomic E-state index is 13.2. The number of ether oxygens (including phenoxy) is 6. The van der Waals surface area contributed by atoms with Crippen LogP contribution in [0.2, 0.25) is 0 Å². The van der Waals surface area contributed by atoms with E-state index in [1.165, 1.54) is 43.2 Å². The van der Waals surface area contributed by atoms with E-state index in [0.717, 1.165) is 23.1 Å². The Kier molecular flexibility index (Phi) is 13.4. The van der Waals surface area contributed by atoms with E-state index in [1.807, 2.05) is 6.07 Å². The second kappa shape index (κ2) is 17.2. The van der Waals surface area contributed by atoms with Gasteiger partial charge in [-0.25, -0.2) is 24.2 Å². The number of esters is 3. The quantitative estimate of drug-likeness (QED) is 0.189. The molecule has 4 heterocycles. The lowest BCUT2D eigenvalue weighted by Gasteiger charge is -2.44.